The summed E-state index contributed by atoms with van der Waals surface area (Å²) in [5.74, 6) is 1.38. The Morgan fingerprint density at radius 1 is 1.25 bits per heavy atom. The summed E-state index contributed by atoms with van der Waals surface area (Å²) in [6.45, 7) is 3.08. The molecule has 2 N–H and O–H groups in total. The van der Waals surface area contributed by atoms with E-state index in [0.29, 0.717) is 30.3 Å². The van der Waals surface area contributed by atoms with Gasteiger partial charge in [-0.3, -0.25) is 9.59 Å². The minimum Gasteiger partial charge on any atom is -0.493 e. The van der Waals surface area contributed by atoms with Crippen LogP contribution in [-0.4, -0.2) is 48.2 Å². The summed E-state index contributed by atoms with van der Waals surface area (Å²) >= 11 is 2.82. The Kier molecular flexibility index (Phi) is 6.46. The zero-order valence-corrected chi connectivity index (χ0v) is 17.7. The maximum absolute atomic E-state index is 12.7. The topological polar surface area (TPSA) is 94.8 Å². The first-order chi connectivity index (χ1) is 13.4. The van der Waals surface area contributed by atoms with Crippen LogP contribution in [0.5, 0.6) is 11.5 Å². The van der Waals surface area contributed by atoms with E-state index in [4.69, 9.17) is 15.2 Å². The lowest BCUT2D eigenvalue weighted by Crippen LogP contribution is -2.37. The summed E-state index contributed by atoms with van der Waals surface area (Å²) < 4.78 is 11.5. The number of aryl methyl sites for hydroxylation is 1. The molecule has 7 nitrogen and oxygen atoms in total. The highest BCUT2D eigenvalue weighted by atomic mass is 32.2. The van der Waals surface area contributed by atoms with Gasteiger partial charge in [0.1, 0.15) is 0 Å². The Morgan fingerprint density at radius 2 is 1.93 bits per heavy atom. The number of nitrogens with zero attached hydrogens (tertiary/aromatic N) is 2. The smallest absolute Gasteiger partial charge is 0.233 e. The van der Waals surface area contributed by atoms with Crippen LogP contribution in [0.4, 0.5) is 0 Å². The molecule has 2 heterocycles. The zero-order valence-electron chi connectivity index (χ0n) is 16.1. The van der Waals surface area contributed by atoms with Crippen molar-refractivity contribution in [2.75, 3.05) is 26.5 Å². The largest absolute Gasteiger partial charge is 0.493 e. The minimum atomic E-state index is -0.376. The molecule has 0 aliphatic carbocycles. The van der Waals surface area contributed by atoms with Gasteiger partial charge in [0, 0.05) is 18.0 Å². The van der Waals surface area contributed by atoms with Crippen LogP contribution in [0.15, 0.2) is 16.5 Å². The summed E-state index contributed by atoms with van der Waals surface area (Å²) in [6, 6.07) is 3.93. The molecular formula is C19H23N3O4S2. The van der Waals surface area contributed by atoms with Gasteiger partial charge in [0.25, 0.3) is 0 Å². The third-order valence-corrected chi connectivity index (χ3v) is 6.88. The van der Waals surface area contributed by atoms with Crippen LogP contribution in [0.2, 0.25) is 0 Å². The Balaban J connectivity index is 1.63. The second kappa shape index (κ2) is 8.83. The van der Waals surface area contributed by atoms with Gasteiger partial charge in [-0.2, -0.15) is 0 Å². The monoisotopic (exact) mass is 421 g/mol. The van der Waals surface area contributed by atoms with Gasteiger partial charge in [0.05, 0.1) is 32.1 Å². The van der Waals surface area contributed by atoms with Crippen LogP contribution in [-0.2, 0) is 29.0 Å². The predicted octanol–water partition coefficient (Wildman–Crippen LogP) is 2.17. The molecule has 1 aliphatic rings. The van der Waals surface area contributed by atoms with Gasteiger partial charge in [-0.15, -0.1) is 11.3 Å². The van der Waals surface area contributed by atoms with Crippen molar-refractivity contribution in [2.45, 2.75) is 30.6 Å². The van der Waals surface area contributed by atoms with Crippen LogP contribution in [0.1, 0.15) is 21.7 Å². The number of thioether (sulfide) groups is 1. The fourth-order valence-electron chi connectivity index (χ4n) is 3.10. The first kappa shape index (κ1) is 20.5. The van der Waals surface area contributed by atoms with E-state index in [0.717, 1.165) is 26.9 Å². The Hall–Kier alpha value is -2.26. The van der Waals surface area contributed by atoms with Crippen molar-refractivity contribution in [1.82, 2.24) is 9.88 Å². The predicted molar refractivity (Wildman–Crippen MR) is 109 cm³/mol. The number of fused-ring (bicyclic) bond motifs is 1. The molecule has 28 heavy (non-hydrogen) atoms. The summed E-state index contributed by atoms with van der Waals surface area (Å²) in [5, 5.41) is 0. The normalized spacial score (nSPS) is 13.2. The van der Waals surface area contributed by atoms with Crippen molar-refractivity contribution < 1.29 is 19.1 Å². The van der Waals surface area contributed by atoms with Gasteiger partial charge in [-0.05, 0) is 36.6 Å². The molecule has 0 spiro atoms. The maximum atomic E-state index is 12.7. The fourth-order valence-corrected chi connectivity index (χ4v) is 5.24. The molecule has 0 unspecified atom stereocenters. The summed E-state index contributed by atoms with van der Waals surface area (Å²) in [7, 11) is 3.23. The van der Waals surface area contributed by atoms with Crippen molar-refractivity contribution in [1.29, 1.82) is 0 Å². The van der Waals surface area contributed by atoms with E-state index in [1.165, 1.54) is 28.7 Å². The number of carbonyl (C=O) groups excluding carboxylic acids is 2. The molecule has 0 saturated carbocycles. The van der Waals surface area contributed by atoms with Crippen LogP contribution < -0.4 is 15.2 Å². The first-order valence-corrected chi connectivity index (χ1v) is 10.6. The average Bonchev–Trinajstić information content (AvgIpc) is 3.03. The molecule has 150 valence electrons. The van der Waals surface area contributed by atoms with Crippen LogP contribution in [0, 0.1) is 6.92 Å². The highest BCUT2D eigenvalue weighted by Crippen LogP contribution is 2.34. The van der Waals surface area contributed by atoms with Crippen molar-refractivity contribution in [3.8, 4) is 11.5 Å². The third-order valence-electron chi connectivity index (χ3n) is 4.60. The quantitative estimate of drug-likeness (QED) is 0.689. The minimum absolute atomic E-state index is 0.0646. The lowest BCUT2D eigenvalue weighted by Gasteiger charge is -2.29. The number of ether oxygens (including phenoxy) is 2. The lowest BCUT2D eigenvalue weighted by molar-refractivity contribution is -0.129. The van der Waals surface area contributed by atoms with E-state index in [1.54, 1.807) is 14.2 Å². The first-order valence-electron chi connectivity index (χ1n) is 8.80. The van der Waals surface area contributed by atoms with Gasteiger partial charge in [-0.1, -0.05) is 11.8 Å². The molecule has 2 amide bonds. The Bertz CT molecular complexity index is 898. The molecule has 0 bridgehead atoms. The highest BCUT2D eigenvalue weighted by Gasteiger charge is 2.23. The second-order valence-corrected chi connectivity index (χ2v) is 8.77. The number of primary amides is 1. The molecule has 2 aromatic rings. The van der Waals surface area contributed by atoms with Gasteiger partial charge >= 0.3 is 0 Å². The average molecular weight is 422 g/mol. The molecule has 1 aromatic carbocycles. The molecule has 0 fully saturated rings. The van der Waals surface area contributed by atoms with Crippen LogP contribution >= 0.6 is 23.1 Å². The van der Waals surface area contributed by atoms with Crippen LogP contribution in [0.3, 0.4) is 0 Å². The number of carbonyl (C=O) groups is 2. The van der Waals surface area contributed by atoms with E-state index < -0.39 is 0 Å². The number of hydrogen-bond acceptors (Lipinski definition) is 7. The molecule has 0 radical (unpaired) electrons. The molecule has 1 aromatic heterocycles. The molecule has 3 rings (SSSR count). The second-order valence-electron chi connectivity index (χ2n) is 6.46. The summed E-state index contributed by atoms with van der Waals surface area (Å²) in [6.07, 6.45) is 0.970. The van der Waals surface area contributed by atoms with E-state index in [1.807, 2.05) is 24.0 Å². The number of rotatable bonds is 7. The molecule has 9 heteroatoms. The standard InChI is InChI=1S/C19H23N3O4S2/c1-11-16(8-17(20)23)28-19(21-11)27-10-18(24)22-5-4-12-6-14(25-2)15(26-3)7-13(12)9-22/h6-7H,4-5,8-10H2,1-3H3,(H2,20,23). The SMILES string of the molecule is COc1cc2c(cc1OC)CN(C(=O)CSc1nc(C)c(CC(N)=O)s1)CC2. The van der Waals surface area contributed by atoms with Crippen molar-refractivity contribution >= 4 is 34.9 Å². The number of hydrogen-bond donors (Lipinski definition) is 1. The number of nitrogens with two attached hydrogens (primary N) is 1. The van der Waals surface area contributed by atoms with Gasteiger partial charge in [0.2, 0.25) is 11.8 Å². The molecule has 0 atom stereocenters. The Labute approximate surface area is 172 Å². The summed E-state index contributed by atoms with van der Waals surface area (Å²) in [4.78, 5) is 30.9. The molecule has 0 saturated heterocycles. The maximum Gasteiger partial charge on any atom is 0.233 e. The fraction of sp³-hybridized carbons (Fsp3) is 0.421. The van der Waals surface area contributed by atoms with Gasteiger partial charge in [0.15, 0.2) is 15.8 Å². The number of methoxy groups -OCH3 is 2. The lowest BCUT2D eigenvalue weighted by atomic mass is 9.99. The number of amides is 2. The van der Waals surface area contributed by atoms with E-state index >= 15 is 0 Å². The van der Waals surface area contributed by atoms with E-state index in [9.17, 15) is 9.59 Å². The van der Waals surface area contributed by atoms with Crippen molar-refractivity contribution in [2.24, 2.45) is 5.73 Å². The van der Waals surface area contributed by atoms with Crippen molar-refractivity contribution in [3.63, 3.8) is 0 Å². The summed E-state index contributed by atoms with van der Waals surface area (Å²) in [5.41, 5.74) is 8.31. The van der Waals surface area contributed by atoms with E-state index in [-0.39, 0.29) is 18.2 Å². The number of benzene rings is 1. The Morgan fingerprint density at radius 3 is 2.57 bits per heavy atom. The molecular weight excluding hydrogens is 398 g/mol. The van der Waals surface area contributed by atoms with Crippen molar-refractivity contribution in [3.05, 3.63) is 33.8 Å². The van der Waals surface area contributed by atoms with Gasteiger partial charge < -0.3 is 20.1 Å². The highest BCUT2D eigenvalue weighted by molar-refractivity contribution is 8.01. The van der Waals surface area contributed by atoms with Crippen LogP contribution in [0.25, 0.3) is 0 Å². The number of aromatic nitrogens is 1. The molecule has 1 aliphatic heterocycles. The van der Waals surface area contributed by atoms with Gasteiger partial charge in [-0.25, -0.2) is 4.98 Å². The third kappa shape index (κ3) is 4.59. The number of thiazole rings is 1. The van der Waals surface area contributed by atoms with E-state index in [2.05, 4.69) is 4.98 Å². The zero-order chi connectivity index (χ0) is 20.3.